The molecule has 0 heterocycles. The SMILES string of the molecule is C#C.CC.Cc1ccccc1F. The molecule has 0 aromatic heterocycles. The number of benzene rings is 1. The summed E-state index contributed by atoms with van der Waals surface area (Å²) >= 11 is 0. The predicted molar refractivity (Wildman–Crippen MR) is 52.4 cm³/mol. The number of aryl methyl sites for hydroxylation is 1. The summed E-state index contributed by atoms with van der Waals surface area (Å²) in [6.07, 6.45) is 8.00. The van der Waals surface area contributed by atoms with Gasteiger partial charge < -0.3 is 0 Å². The Hall–Kier alpha value is -1.29. The molecule has 0 aliphatic carbocycles. The lowest BCUT2D eigenvalue weighted by molar-refractivity contribution is 0.618. The Balaban J connectivity index is 0. The van der Waals surface area contributed by atoms with Crippen LogP contribution in [0.3, 0.4) is 0 Å². The fourth-order valence-corrected chi connectivity index (χ4v) is 0.551. The van der Waals surface area contributed by atoms with Crippen LogP contribution in [-0.2, 0) is 0 Å². The Kier molecular flexibility index (Phi) is 10.8. The molecule has 0 radical (unpaired) electrons. The second kappa shape index (κ2) is 9.71. The zero-order valence-corrected chi connectivity index (χ0v) is 7.84. The minimum absolute atomic E-state index is 0.132. The van der Waals surface area contributed by atoms with E-state index in [9.17, 15) is 4.39 Å². The largest absolute Gasteiger partial charge is 0.207 e. The molecule has 0 spiro atoms. The highest BCUT2D eigenvalue weighted by Crippen LogP contribution is 2.01. The Morgan fingerprint density at radius 2 is 1.50 bits per heavy atom. The topological polar surface area (TPSA) is 0 Å². The molecule has 0 N–H and O–H groups in total. The van der Waals surface area contributed by atoms with Gasteiger partial charge in [-0.3, -0.25) is 0 Å². The van der Waals surface area contributed by atoms with E-state index in [4.69, 9.17) is 0 Å². The number of terminal acetylenes is 1. The van der Waals surface area contributed by atoms with Crippen LogP contribution in [0.2, 0.25) is 0 Å². The lowest BCUT2D eigenvalue weighted by Crippen LogP contribution is -1.76. The standard InChI is InChI=1S/C7H7F.C2H6.C2H2/c1-6-4-2-3-5-7(6)8;2*1-2/h2-5H,1H3;1-2H3;1-2H. The van der Waals surface area contributed by atoms with E-state index in [2.05, 4.69) is 12.8 Å². The third-order valence-corrected chi connectivity index (χ3v) is 1.08. The lowest BCUT2D eigenvalue weighted by Gasteiger charge is -1.89. The molecule has 66 valence electrons. The van der Waals surface area contributed by atoms with Crippen LogP contribution >= 0.6 is 0 Å². The van der Waals surface area contributed by atoms with Crippen molar-refractivity contribution in [2.24, 2.45) is 0 Å². The highest BCUT2D eigenvalue weighted by molar-refractivity contribution is 5.14. The molecule has 12 heavy (non-hydrogen) atoms. The molecule has 0 saturated heterocycles. The van der Waals surface area contributed by atoms with Crippen molar-refractivity contribution >= 4 is 0 Å². The summed E-state index contributed by atoms with van der Waals surface area (Å²) in [5, 5.41) is 0. The Bertz CT molecular complexity index is 192. The molecule has 0 saturated carbocycles. The summed E-state index contributed by atoms with van der Waals surface area (Å²) in [6, 6.07) is 6.70. The van der Waals surface area contributed by atoms with Crippen molar-refractivity contribution in [2.75, 3.05) is 0 Å². The van der Waals surface area contributed by atoms with E-state index < -0.39 is 0 Å². The highest BCUT2D eigenvalue weighted by Gasteiger charge is 1.88. The summed E-state index contributed by atoms with van der Waals surface area (Å²) in [4.78, 5) is 0. The molecule has 1 heteroatoms. The van der Waals surface area contributed by atoms with Gasteiger partial charge in [0.05, 0.1) is 0 Å². The number of halogens is 1. The van der Waals surface area contributed by atoms with Gasteiger partial charge >= 0.3 is 0 Å². The minimum Gasteiger partial charge on any atom is -0.207 e. The number of hydrogen-bond acceptors (Lipinski definition) is 0. The fourth-order valence-electron chi connectivity index (χ4n) is 0.551. The molecule has 1 aromatic rings. The summed E-state index contributed by atoms with van der Waals surface area (Å²) in [7, 11) is 0. The van der Waals surface area contributed by atoms with Crippen molar-refractivity contribution in [3.8, 4) is 12.8 Å². The van der Waals surface area contributed by atoms with Crippen molar-refractivity contribution in [3.63, 3.8) is 0 Å². The second-order valence-corrected chi connectivity index (χ2v) is 1.75. The van der Waals surface area contributed by atoms with Crippen molar-refractivity contribution in [1.82, 2.24) is 0 Å². The van der Waals surface area contributed by atoms with Gasteiger partial charge in [0.25, 0.3) is 0 Å². The molecule has 0 aliphatic rings. The first-order chi connectivity index (χ1) is 5.80. The smallest absolute Gasteiger partial charge is 0.126 e. The zero-order valence-electron chi connectivity index (χ0n) is 7.84. The molecule has 0 fully saturated rings. The molecule has 1 aromatic carbocycles. The average Bonchev–Trinajstić information content (AvgIpc) is 2.17. The van der Waals surface area contributed by atoms with Gasteiger partial charge in [-0.1, -0.05) is 32.0 Å². The summed E-state index contributed by atoms with van der Waals surface area (Å²) in [6.45, 7) is 5.75. The van der Waals surface area contributed by atoms with Crippen LogP contribution in [0, 0.1) is 25.6 Å². The number of hydrogen-bond donors (Lipinski definition) is 0. The fraction of sp³-hybridized carbons (Fsp3) is 0.273. The first-order valence-electron chi connectivity index (χ1n) is 3.85. The molecule has 0 aliphatic heterocycles. The second-order valence-electron chi connectivity index (χ2n) is 1.75. The normalized spacial score (nSPS) is 6.83. The van der Waals surface area contributed by atoms with E-state index in [1.807, 2.05) is 19.9 Å². The molecule has 0 bridgehead atoms. The highest BCUT2D eigenvalue weighted by atomic mass is 19.1. The summed E-state index contributed by atoms with van der Waals surface area (Å²) in [5.41, 5.74) is 0.701. The Labute approximate surface area is 74.4 Å². The van der Waals surface area contributed by atoms with Crippen molar-refractivity contribution in [1.29, 1.82) is 0 Å². The van der Waals surface area contributed by atoms with E-state index >= 15 is 0 Å². The monoisotopic (exact) mass is 166 g/mol. The molecular weight excluding hydrogens is 151 g/mol. The molecule has 0 amide bonds. The van der Waals surface area contributed by atoms with Gasteiger partial charge in [0.15, 0.2) is 0 Å². The number of rotatable bonds is 0. The minimum atomic E-state index is -0.132. The molecule has 0 atom stereocenters. The first-order valence-corrected chi connectivity index (χ1v) is 3.85. The lowest BCUT2D eigenvalue weighted by atomic mass is 10.2. The van der Waals surface area contributed by atoms with Crippen LogP contribution in [0.5, 0.6) is 0 Å². The Morgan fingerprint density at radius 3 is 1.75 bits per heavy atom. The molecule has 1 rings (SSSR count). The van der Waals surface area contributed by atoms with Crippen LogP contribution in [-0.4, -0.2) is 0 Å². The third kappa shape index (κ3) is 5.49. The average molecular weight is 166 g/mol. The maximum atomic E-state index is 12.3. The van der Waals surface area contributed by atoms with Crippen molar-refractivity contribution in [2.45, 2.75) is 20.8 Å². The van der Waals surface area contributed by atoms with E-state index in [0.29, 0.717) is 5.56 Å². The van der Waals surface area contributed by atoms with Crippen LogP contribution in [0.1, 0.15) is 19.4 Å². The van der Waals surface area contributed by atoms with Gasteiger partial charge in [-0.15, -0.1) is 12.8 Å². The summed E-state index contributed by atoms with van der Waals surface area (Å²) < 4.78 is 12.3. The quantitative estimate of drug-likeness (QED) is 0.518. The third-order valence-electron chi connectivity index (χ3n) is 1.08. The van der Waals surface area contributed by atoms with Gasteiger partial charge in [0, 0.05) is 0 Å². The Morgan fingerprint density at radius 1 is 1.08 bits per heavy atom. The van der Waals surface area contributed by atoms with Gasteiger partial charge in [0.2, 0.25) is 0 Å². The zero-order chi connectivity index (χ0) is 9.98. The molecular formula is C11H15F. The van der Waals surface area contributed by atoms with E-state index in [-0.39, 0.29) is 5.82 Å². The van der Waals surface area contributed by atoms with Gasteiger partial charge in [-0.05, 0) is 18.6 Å². The van der Waals surface area contributed by atoms with Crippen molar-refractivity contribution in [3.05, 3.63) is 35.6 Å². The van der Waals surface area contributed by atoms with Gasteiger partial charge in [-0.2, -0.15) is 0 Å². The van der Waals surface area contributed by atoms with Crippen molar-refractivity contribution < 1.29 is 4.39 Å². The maximum Gasteiger partial charge on any atom is 0.126 e. The van der Waals surface area contributed by atoms with E-state index in [0.717, 1.165) is 0 Å². The summed E-state index contributed by atoms with van der Waals surface area (Å²) in [5.74, 6) is -0.132. The first kappa shape index (κ1) is 13.3. The van der Waals surface area contributed by atoms with Crippen LogP contribution in [0.15, 0.2) is 24.3 Å². The van der Waals surface area contributed by atoms with Crippen LogP contribution in [0.4, 0.5) is 4.39 Å². The van der Waals surface area contributed by atoms with E-state index in [1.54, 1.807) is 19.1 Å². The molecule has 0 nitrogen and oxygen atoms in total. The van der Waals surface area contributed by atoms with Gasteiger partial charge in [-0.25, -0.2) is 4.39 Å². The van der Waals surface area contributed by atoms with E-state index in [1.165, 1.54) is 6.07 Å². The van der Waals surface area contributed by atoms with Crippen LogP contribution < -0.4 is 0 Å². The van der Waals surface area contributed by atoms with Crippen LogP contribution in [0.25, 0.3) is 0 Å². The maximum absolute atomic E-state index is 12.3. The van der Waals surface area contributed by atoms with Gasteiger partial charge in [0.1, 0.15) is 5.82 Å². The predicted octanol–water partition coefficient (Wildman–Crippen LogP) is 3.41. The molecule has 0 unspecified atom stereocenters.